The van der Waals surface area contributed by atoms with Crippen LogP contribution in [-0.4, -0.2) is 31.1 Å². The number of ether oxygens (including phenoxy) is 3. The molecule has 0 bridgehead atoms. The molecule has 0 aromatic heterocycles. The van der Waals surface area contributed by atoms with Gasteiger partial charge in [0.2, 0.25) is 0 Å². The molecule has 5 heteroatoms. The van der Waals surface area contributed by atoms with Gasteiger partial charge >= 0.3 is 0 Å². The molecule has 0 amide bonds. The quantitative estimate of drug-likeness (QED) is 0.276. The third-order valence-corrected chi connectivity index (χ3v) is 5.86. The van der Waals surface area contributed by atoms with Crippen molar-refractivity contribution in [1.29, 1.82) is 0 Å². The summed E-state index contributed by atoms with van der Waals surface area (Å²) in [6.45, 7) is 8.13. The Labute approximate surface area is 203 Å². The van der Waals surface area contributed by atoms with Gasteiger partial charge in [-0.1, -0.05) is 91.0 Å². The summed E-state index contributed by atoms with van der Waals surface area (Å²) in [6, 6.07) is 20.5. The van der Waals surface area contributed by atoms with Crippen molar-refractivity contribution >= 4 is 0 Å². The van der Waals surface area contributed by atoms with E-state index in [-0.39, 0.29) is 12.2 Å². The Bertz CT molecular complexity index is 956. The first-order valence-electron chi connectivity index (χ1n) is 11.8. The zero-order chi connectivity index (χ0) is 24.4. The van der Waals surface area contributed by atoms with E-state index >= 15 is 0 Å². The maximum Gasteiger partial charge on any atom is 0.194 e. The molecule has 2 aromatic carbocycles. The summed E-state index contributed by atoms with van der Waals surface area (Å²) in [6.07, 6.45) is 10.5. The minimum atomic E-state index is -1.07. The molecule has 34 heavy (non-hydrogen) atoms. The number of rotatable bonds is 11. The molecule has 0 radical (unpaired) electrons. The molecule has 1 unspecified atom stereocenters. The average molecular weight is 462 g/mol. The van der Waals surface area contributed by atoms with Crippen LogP contribution in [0.1, 0.15) is 45.2 Å². The Morgan fingerprint density at radius 3 is 2.18 bits per heavy atom. The Morgan fingerprint density at radius 1 is 1.03 bits per heavy atom. The summed E-state index contributed by atoms with van der Waals surface area (Å²) >= 11 is 0. The lowest BCUT2D eigenvalue weighted by molar-refractivity contribution is -0.0689. The molecular weight excluding hydrogens is 426 g/mol. The first-order valence-corrected chi connectivity index (χ1v) is 11.8. The molecule has 3 rings (SSSR count). The Kier molecular flexibility index (Phi) is 9.11. The second kappa shape index (κ2) is 12.0. The van der Waals surface area contributed by atoms with Gasteiger partial charge in [-0.25, -0.2) is 0 Å². The van der Waals surface area contributed by atoms with Crippen molar-refractivity contribution in [2.75, 3.05) is 13.2 Å². The molecule has 0 spiro atoms. The molecule has 0 saturated carbocycles. The van der Waals surface area contributed by atoms with E-state index in [0.717, 1.165) is 16.7 Å². The summed E-state index contributed by atoms with van der Waals surface area (Å²) < 4.78 is 18.7. The summed E-state index contributed by atoms with van der Waals surface area (Å²) in [5.41, 5.74) is 1.21. The number of nitrogens with zero attached hydrogens (tertiary/aromatic N) is 1. The van der Waals surface area contributed by atoms with Gasteiger partial charge in [-0.3, -0.25) is 0 Å². The molecule has 2 atom stereocenters. The van der Waals surface area contributed by atoms with Crippen LogP contribution in [0.4, 0.5) is 0 Å². The van der Waals surface area contributed by atoms with Gasteiger partial charge in [-0.05, 0) is 49.6 Å². The SMILES string of the molecule is C\C=C/C=C\C(=C/C)C(OCC1C[C@@H](OC(C)(C)N=O)CO1)(c1ccccc1)c1ccccc1. The van der Waals surface area contributed by atoms with Crippen LogP contribution in [-0.2, 0) is 19.8 Å². The van der Waals surface area contributed by atoms with Gasteiger partial charge < -0.3 is 14.2 Å². The fraction of sp³-hybridized carbons (Fsp3) is 0.379. The highest BCUT2D eigenvalue weighted by Crippen LogP contribution is 2.42. The minimum Gasteiger partial charge on any atom is -0.373 e. The van der Waals surface area contributed by atoms with E-state index in [9.17, 15) is 4.91 Å². The molecule has 1 heterocycles. The highest BCUT2D eigenvalue weighted by atomic mass is 16.6. The minimum absolute atomic E-state index is 0.156. The molecule has 1 fully saturated rings. The third kappa shape index (κ3) is 6.17. The molecule has 180 valence electrons. The Balaban J connectivity index is 1.96. The van der Waals surface area contributed by atoms with E-state index < -0.39 is 11.3 Å². The standard InChI is InChI=1S/C29H35NO4/c1-5-7-10-15-23(6-2)29(24-16-11-8-12-17-24,25-18-13-9-14-19-25)33-22-26-20-27(21-32-26)34-28(3,4)30-31/h5-19,26-27H,20-22H2,1-4H3/b7-5-,15-10-,23-6+/t26?,27-/m1/s1. The van der Waals surface area contributed by atoms with Crippen LogP contribution < -0.4 is 0 Å². The molecular formula is C29H35NO4. The van der Waals surface area contributed by atoms with Crippen molar-refractivity contribution in [3.8, 4) is 0 Å². The van der Waals surface area contributed by atoms with Crippen LogP contribution in [0.25, 0.3) is 0 Å². The van der Waals surface area contributed by atoms with Crippen LogP contribution >= 0.6 is 0 Å². The zero-order valence-corrected chi connectivity index (χ0v) is 20.5. The van der Waals surface area contributed by atoms with Crippen molar-refractivity contribution in [2.45, 2.75) is 57.6 Å². The number of hydrogen-bond donors (Lipinski definition) is 0. The van der Waals surface area contributed by atoms with Crippen LogP contribution in [0.15, 0.2) is 102 Å². The monoisotopic (exact) mass is 461 g/mol. The van der Waals surface area contributed by atoms with Gasteiger partial charge in [0.05, 0.1) is 25.4 Å². The van der Waals surface area contributed by atoms with Crippen molar-refractivity contribution in [2.24, 2.45) is 5.18 Å². The largest absolute Gasteiger partial charge is 0.373 e. The first-order chi connectivity index (χ1) is 16.4. The number of benzene rings is 2. The Morgan fingerprint density at radius 2 is 1.65 bits per heavy atom. The van der Waals surface area contributed by atoms with E-state index in [4.69, 9.17) is 14.2 Å². The van der Waals surface area contributed by atoms with Gasteiger partial charge in [-0.15, -0.1) is 4.91 Å². The van der Waals surface area contributed by atoms with Gasteiger partial charge in [0.15, 0.2) is 5.72 Å². The van der Waals surface area contributed by atoms with E-state index in [1.807, 2.05) is 68.5 Å². The zero-order valence-electron chi connectivity index (χ0n) is 20.5. The highest BCUT2D eigenvalue weighted by Gasteiger charge is 2.40. The molecule has 1 aliphatic heterocycles. The lowest BCUT2D eigenvalue weighted by Gasteiger charge is -2.37. The first kappa shape index (κ1) is 25.8. The summed E-state index contributed by atoms with van der Waals surface area (Å²) in [4.78, 5) is 11.0. The topological polar surface area (TPSA) is 57.1 Å². The lowest BCUT2D eigenvalue weighted by Crippen LogP contribution is -2.36. The normalized spacial score (nSPS) is 19.8. The molecule has 1 saturated heterocycles. The molecule has 0 aliphatic carbocycles. The van der Waals surface area contributed by atoms with E-state index in [2.05, 4.69) is 41.6 Å². The second-order valence-electron chi connectivity index (χ2n) is 8.82. The summed E-state index contributed by atoms with van der Waals surface area (Å²) in [5.74, 6) is 0. The molecule has 2 aromatic rings. The van der Waals surface area contributed by atoms with Crippen molar-refractivity contribution < 1.29 is 14.2 Å². The highest BCUT2D eigenvalue weighted by molar-refractivity contribution is 5.49. The van der Waals surface area contributed by atoms with E-state index in [0.29, 0.717) is 19.6 Å². The molecule has 5 nitrogen and oxygen atoms in total. The summed E-state index contributed by atoms with van der Waals surface area (Å²) in [5, 5.41) is 3.06. The fourth-order valence-corrected chi connectivity index (χ4v) is 4.30. The Hall–Kier alpha value is -2.86. The number of hydrogen-bond acceptors (Lipinski definition) is 5. The van der Waals surface area contributed by atoms with Crippen LogP contribution in [0, 0.1) is 4.91 Å². The van der Waals surface area contributed by atoms with Gasteiger partial charge in [0.1, 0.15) is 5.60 Å². The third-order valence-electron chi connectivity index (χ3n) is 5.86. The predicted octanol–water partition coefficient (Wildman–Crippen LogP) is 6.70. The van der Waals surface area contributed by atoms with Crippen LogP contribution in [0.3, 0.4) is 0 Å². The van der Waals surface area contributed by atoms with Crippen LogP contribution in [0.2, 0.25) is 0 Å². The van der Waals surface area contributed by atoms with Gasteiger partial charge in [0.25, 0.3) is 0 Å². The molecule has 1 aliphatic rings. The van der Waals surface area contributed by atoms with Crippen molar-refractivity contribution in [3.63, 3.8) is 0 Å². The summed E-state index contributed by atoms with van der Waals surface area (Å²) in [7, 11) is 0. The number of nitroso groups, excluding NO2 is 1. The van der Waals surface area contributed by atoms with E-state index in [1.54, 1.807) is 13.8 Å². The van der Waals surface area contributed by atoms with Crippen molar-refractivity contribution in [3.05, 3.63) is 113 Å². The van der Waals surface area contributed by atoms with Gasteiger partial charge in [0, 0.05) is 6.42 Å². The van der Waals surface area contributed by atoms with Gasteiger partial charge in [-0.2, -0.15) is 0 Å². The van der Waals surface area contributed by atoms with Crippen LogP contribution in [0.5, 0.6) is 0 Å². The van der Waals surface area contributed by atoms with E-state index in [1.165, 1.54) is 0 Å². The lowest BCUT2D eigenvalue weighted by atomic mass is 9.79. The average Bonchev–Trinajstić information content (AvgIpc) is 3.31. The maximum atomic E-state index is 11.0. The fourth-order valence-electron chi connectivity index (χ4n) is 4.30. The number of allylic oxidation sites excluding steroid dienone is 4. The van der Waals surface area contributed by atoms with Crippen molar-refractivity contribution in [1.82, 2.24) is 0 Å². The maximum absolute atomic E-state index is 11.0. The predicted molar refractivity (Wildman–Crippen MR) is 136 cm³/mol. The second-order valence-corrected chi connectivity index (χ2v) is 8.82. The smallest absolute Gasteiger partial charge is 0.194 e. The molecule has 0 N–H and O–H groups in total.